The van der Waals surface area contributed by atoms with Crippen LogP contribution in [0.5, 0.6) is 0 Å². The third kappa shape index (κ3) is 3.48. The number of esters is 1. The van der Waals surface area contributed by atoms with Crippen molar-refractivity contribution in [2.45, 2.75) is 39.2 Å². The number of rotatable bonds is 2. The first-order valence-electron chi connectivity index (χ1n) is 8.52. The Morgan fingerprint density at radius 2 is 1.76 bits per heavy atom. The monoisotopic (exact) mass is 344 g/mol. The first-order chi connectivity index (χ1) is 11.8. The predicted molar refractivity (Wildman–Crippen MR) is 96.4 cm³/mol. The van der Waals surface area contributed by atoms with Gasteiger partial charge in [-0.15, -0.1) is 0 Å². The zero-order chi connectivity index (χ0) is 18.2. The van der Waals surface area contributed by atoms with Crippen LogP contribution in [0.1, 0.15) is 44.1 Å². The summed E-state index contributed by atoms with van der Waals surface area (Å²) in [6, 6.07) is 7.56. The summed E-state index contributed by atoms with van der Waals surface area (Å²) in [5.74, 6) is -0.565. The third-order valence-corrected chi connectivity index (χ3v) is 4.23. The van der Waals surface area contributed by atoms with Crippen molar-refractivity contribution in [3.63, 3.8) is 0 Å². The van der Waals surface area contributed by atoms with E-state index in [2.05, 4.69) is 4.90 Å². The Balaban J connectivity index is 2.12. The van der Waals surface area contributed by atoms with Gasteiger partial charge < -0.3 is 14.4 Å². The Kier molecular flexibility index (Phi) is 4.45. The van der Waals surface area contributed by atoms with Crippen molar-refractivity contribution in [1.82, 2.24) is 4.57 Å². The number of aromatic nitrogens is 1. The van der Waals surface area contributed by atoms with Crippen LogP contribution in [-0.2, 0) is 9.47 Å². The molecule has 0 atom stereocenters. The molecule has 1 saturated heterocycles. The first kappa shape index (κ1) is 17.3. The van der Waals surface area contributed by atoms with E-state index in [1.807, 2.05) is 18.2 Å². The number of hydrogen-bond acceptors (Lipinski definition) is 5. The number of ether oxygens (including phenoxy) is 2. The quantitative estimate of drug-likeness (QED) is 0.775. The largest absolute Gasteiger partial charge is 0.464 e. The lowest BCUT2D eigenvalue weighted by Crippen LogP contribution is -2.29. The van der Waals surface area contributed by atoms with Crippen LogP contribution < -0.4 is 4.90 Å². The van der Waals surface area contributed by atoms with Gasteiger partial charge in [0.1, 0.15) is 11.3 Å². The van der Waals surface area contributed by atoms with Crippen molar-refractivity contribution < 1.29 is 19.1 Å². The van der Waals surface area contributed by atoms with Crippen LogP contribution in [0.4, 0.5) is 10.5 Å². The topological polar surface area (TPSA) is 60.8 Å². The molecule has 1 aliphatic heterocycles. The molecular formula is C19H24N2O4. The van der Waals surface area contributed by atoms with Crippen LogP contribution in [-0.4, -0.2) is 42.4 Å². The number of fused-ring (bicyclic) bond motifs is 1. The van der Waals surface area contributed by atoms with E-state index in [-0.39, 0.29) is 5.69 Å². The van der Waals surface area contributed by atoms with Crippen molar-refractivity contribution >= 4 is 28.7 Å². The average molecular weight is 344 g/mol. The predicted octanol–water partition coefficient (Wildman–Crippen LogP) is 3.81. The molecule has 1 aliphatic rings. The fourth-order valence-corrected chi connectivity index (χ4v) is 3.12. The van der Waals surface area contributed by atoms with Gasteiger partial charge in [-0.25, -0.2) is 14.2 Å². The Morgan fingerprint density at radius 3 is 2.36 bits per heavy atom. The molecule has 134 valence electrons. The maximum Gasteiger partial charge on any atom is 0.419 e. The molecule has 6 heteroatoms. The van der Waals surface area contributed by atoms with E-state index in [1.165, 1.54) is 24.5 Å². The standard InChI is InChI=1S/C19H24N2O4/c1-19(2,3)25-18(23)21-15-12-14(20-9-5-6-10-20)8-7-13(15)11-16(21)17(22)24-4/h7-8,11-12H,5-6,9-10H2,1-4H3. The van der Waals surface area contributed by atoms with Crippen LogP contribution in [0.2, 0.25) is 0 Å². The van der Waals surface area contributed by atoms with Crippen molar-refractivity contribution in [3.05, 3.63) is 30.0 Å². The van der Waals surface area contributed by atoms with Gasteiger partial charge in [0.25, 0.3) is 0 Å². The summed E-state index contributed by atoms with van der Waals surface area (Å²) in [6.45, 7) is 7.39. The fraction of sp³-hybridized carbons (Fsp3) is 0.474. The van der Waals surface area contributed by atoms with Gasteiger partial charge in [-0.3, -0.25) is 0 Å². The smallest absolute Gasteiger partial charge is 0.419 e. The molecule has 1 aromatic heterocycles. The molecule has 0 N–H and O–H groups in total. The number of nitrogens with zero attached hydrogens (tertiary/aromatic N) is 2. The number of methoxy groups -OCH3 is 1. The molecule has 0 unspecified atom stereocenters. The highest BCUT2D eigenvalue weighted by molar-refractivity contribution is 6.02. The van der Waals surface area contributed by atoms with Gasteiger partial charge in [0.15, 0.2) is 0 Å². The molecule has 0 spiro atoms. The maximum absolute atomic E-state index is 12.7. The Labute approximate surface area is 147 Å². The summed E-state index contributed by atoms with van der Waals surface area (Å²) in [5, 5.41) is 0.800. The summed E-state index contributed by atoms with van der Waals surface area (Å²) in [5.41, 5.74) is 1.21. The van der Waals surface area contributed by atoms with Crippen LogP contribution in [0, 0.1) is 0 Å². The van der Waals surface area contributed by atoms with Crippen molar-refractivity contribution in [1.29, 1.82) is 0 Å². The summed E-state index contributed by atoms with van der Waals surface area (Å²) in [6.07, 6.45) is 1.75. The van der Waals surface area contributed by atoms with Crippen molar-refractivity contribution in [3.8, 4) is 0 Å². The minimum atomic E-state index is -0.659. The van der Waals surface area contributed by atoms with E-state index in [9.17, 15) is 9.59 Å². The van der Waals surface area contributed by atoms with Crippen LogP contribution in [0.3, 0.4) is 0 Å². The van der Waals surface area contributed by atoms with E-state index >= 15 is 0 Å². The summed E-state index contributed by atoms with van der Waals surface area (Å²) in [4.78, 5) is 27.2. The Hall–Kier alpha value is -2.50. The zero-order valence-electron chi connectivity index (χ0n) is 15.2. The molecule has 0 radical (unpaired) electrons. The number of anilines is 1. The molecular weight excluding hydrogens is 320 g/mol. The van der Waals surface area contributed by atoms with Crippen LogP contribution in [0.25, 0.3) is 10.9 Å². The highest BCUT2D eigenvalue weighted by Gasteiger charge is 2.26. The zero-order valence-corrected chi connectivity index (χ0v) is 15.2. The van der Waals surface area contributed by atoms with Crippen molar-refractivity contribution in [2.24, 2.45) is 0 Å². The number of benzene rings is 1. The molecule has 0 amide bonds. The van der Waals surface area contributed by atoms with Crippen LogP contribution >= 0.6 is 0 Å². The third-order valence-electron chi connectivity index (χ3n) is 4.23. The van der Waals surface area contributed by atoms with E-state index in [1.54, 1.807) is 26.8 Å². The Bertz CT molecular complexity index is 811. The van der Waals surface area contributed by atoms with Gasteiger partial charge in [0.2, 0.25) is 0 Å². The fourth-order valence-electron chi connectivity index (χ4n) is 3.12. The van der Waals surface area contributed by atoms with Gasteiger partial charge in [-0.05, 0) is 51.8 Å². The lowest BCUT2D eigenvalue weighted by Gasteiger charge is -2.21. The van der Waals surface area contributed by atoms with Gasteiger partial charge in [0, 0.05) is 24.2 Å². The molecule has 0 bridgehead atoms. The lowest BCUT2D eigenvalue weighted by atomic mass is 10.2. The number of carbonyl (C=O) groups excluding carboxylic acids is 2. The first-order valence-corrected chi connectivity index (χ1v) is 8.52. The number of carbonyl (C=O) groups is 2. The van der Waals surface area contributed by atoms with E-state index < -0.39 is 17.7 Å². The van der Waals surface area contributed by atoms with Gasteiger partial charge in [-0.1, -0.05) is 6.07 Å². The second kappa shape index (κ2) is 6.43. The van der Waals surface area contributed by atoms with E-state index in [0.717, 1.165) is 24.2 Å². The maximum atomic E-state index is 12.7. The van der Waals surface area contributed by atoms with E-state index in [4.69, 9.17) is 9.47 Å². The number of hydrogen-bond donors (Lipinski definition) is 0. The Morgan fingerprint density at radius 1 is 1.08 bits per heavy atom. The minimum Gasteiger partial charge on any atom is -0.464 e. The molecule has 1 fully saturated rings. The van der Waals surface area contributed by atoms with Gasteiger partial charge in [0.05, 0.1) is 12.6 Å². The summed E-state index contributed by atoms with van der Waals surface area (Å²) in [7, 11) is 1.30. The van der Waals surface area contributed by atoms with Gasteiger partial charge >= 0.3 is 12.1 Å². The normalized spacial score (nSPS) is 14.8. The minimum absolute atomic E-state index is 0.172. The molecule has 2 heterocycles. The second-order valence-electron chi connectivity index (χ2n) is 7.27. The molecule has 3 rings (SSSR count). The average Bonchev–Trinajstić information content (AvgIpc) is 3.19. The highest BCUT2D eigenvalue weighted by Crippen LogP contribution is 2.28. The molecule has 0 aliphatic carbocycles. The second-order valence-corrected chi connectivity index (χ2v) is 7.27. The SMILES string of the molecule is COC(=O)c1cc2ccc(N3CCCC3)cc2n1C(=O)OC(C)(C)C. The van der Waals surface area contributed by atoms with E-state index in [0.29, 0.717) is 5.52 Å². The lowest BCUT2D eigenvalue weighted by molar-refractivity contribution is 0.0490. The summed E-state index contributed by atoms with van der Waals surface area (Å²) < 4.78 is 11.6. The molecule has 25 heavy (non-hydrogen) atoms. The van der Waals surface area contributed by atoms with Crippen molar-refractivity contribution in [2.75, 3.05) is 25.1 Å². The molecule has 2 aromatic rings. The molecule has 1 aromatic carbocycles. The molecule has 6 nitrogen and oxygen atoms in total. The van der Waals surface area contributed by atoms with Crippen LogP contribution in [0.15, 0.2) is 24.3 Å². The summed E-state index contributed by atoms with van der Waals surface area (Å²) >= 11 is 0. The van der Waals surface area contributed by atoms with Gasteiger partial charge in [-0.2, -0.15) is 0 Å². The highest BCUT2D eigenvalue weighted by atomic mass is 16.6. The molecule has 0 saturated carbocycles.